The predicted octanol–water partition coefficient (Wildman–Crippen LogP) is 0.868. The van der Waals surface area contributed by atoms with Gasteiger partial charge in [0, 0.05) is 36.5 Å². The molecule has 3 N–H and O–H groups in total. The van der Waals surface area contributed by atoms with Gasteiger partial charge >= 0.3 is 0 Å². The lowest BCUT2D eigenvalue weighted by molar-refractivity contribution is 0.0346. The van der Waals surface area contributed by atoms with Crippen molar-refractivity contribution >= 4 is 5.91 Å². The van der Waals surface area contributed by atoms with Gasteiger partial charge in [-0.3, -0.25) is 14.8 Å². The van der Waals surface area contributed by atoms with E-state index < -0.39 is 6.10 Å². The molecule has 1 saturated heterocycles. The first-order chi connectivity index (χ1) is 12.5. The van der Waals surface area contributed by atoms with Crippen molar-refractivity contribution < 1.29 is 14.4 Å². The van der Waals surface area contributed by atoms with Crippen molar-refractivity contribution in [3.05, 3.63) is 34.0 Å². The second-order valence-electron chi connectivity index (χ2n) is 7.36. The highest BCUT2D eigenvalue weighted by atomic mass is 16.5. The summed E-state index contributed by atoms with van der Waals surface area (Å²) in [6, 6.07) is -0.253. The van der Waals surface area contributed by atoms with Gasteiger partial charge in [-0.15, -0.1) is 0 Å². The Morgan fingerprint density at radius 1 is 1.42 bits per heavy atom. The average molecular weight is 359 g/mol. The molecule has 2 aromatic heterocycles. The molecule has 8 heteroatoms. The van der Waals surface area contributed by atoms with Crippen LogP contribution in [-0.2, 0) is 19.4 Å². The maximum atomic E-state index is 12.6. The Labute approximate surface area is 151 Å². The van der Waals surface area contributed by atoms with E-state index in [0.29, 0.717) is 25.2 Å². The summed E-state index contributed by atoms with van der Waals surface area (Å²) >= 11 is 0. The van der Waals surface area contributed by atoms with Gasteiger partial charge in [0.05, 0.1) is 17.8 Å². The van der Waals surface area contributed by atoms with Gasteiger partial charge in [0.15, 0.2) is 5.69 Å². The molecule has 0 bridgehead atoms. The van der Waals surface area contributed by atoms with Gasteiger partial charge in [0.1, 0.15) is 5.76 Å². The lowest BCUT2D eigenvalue weighted by Crippen LogP contribution is -2.54. The molecule has 2 aromatic rings. The summed E-state index contributed by atoms with van der Waals surface area (Å²) in [4.78, 5) is 14.7. The summed E-state index contributed by atoms with van der Waals surface area (Å²) in [7, 11) is 0. The Hall–Kier alpha value is -2.19. The van der Waals surface area contributed by atoms with E-state index in [1.165, 1.54) is 0 Å². The van der Waals surface area contributed by atoms with Crippen LogP contribution >= 0.6 is 0 Å². The summed E-state index contributed by atoms with van der Waals surface area (Å²) in [6.45, 7) is 5.84. The van der Waals surface area contributed by atoms with E-state index in [4.69, 9.17) is 4.52 Å². The number of aliphatic hydroxyl groups is 1. The first-order valence-electron chi connectivity index (χ1n) is 9.22. The quantitative estimate of drug-likeness (QED) is 0.748. The number of carbonyl (C=O) groups is 1. The smallest absolute Gasteiger partial charge is 0.272 e. The van der Waals surface area contributed by atoms with E-state index in [-0.39, 0.29) is 11.9 Å². The molecule has 2 aliphatic rings. The Kier molecular flexibility index (Phi) is 4.54. The zero-order chi connectivity index (χ0) is 18.3. The van der Waals surface area contributed by atoms with Crippen LogP contribution in [0.5, 0.6) is 0 Å². The summed E-state index contributed by atoms with van der Waals surface area (Å²) < 4.78 is 5.21. The summed E-state index contributed by atoms with van der Waals surface area (Å²) in [5, 5.41) is 24.6. The highest BCUT2D eigenvalue weighted by Gasteiger charge is 2.31. The maximum absolute atomic E-state index is 12.6. The van der Waals surface area contributed by atoms with Gasteiger partial charge in [0.2, 0.25) is 0 Å². The third-order valence-electron chi connectivity index (χ3n) is 5.57. The fourth-order valence-electron chi connectivity index (χ4n) is 4.00. The van der Waals surface area contributed by atoms with Crippen molar-refractivity contribution in [2.45, 2.75) is 58.2 Å². The number of aliphatic hydroxyl groups excluding tert-OH is 1. The number of rotatable bonds is 4. The molecule has 3 heterocycles. The number of aromatic amines is 1. The summed E-state index contributed by atoms with van der Waals surface area (Å²) in [5.41, 5.74) is 4.56. The Morgan fingerprint density at radius 3 is 3.00 bits per heavy atom. The standard InChI is InChI=1S/C18H25N5O3/c1-10-13(11(2)26-22-10)8-23-7-6-15(16(24)9-23)19-18(25)17-12-4-3-5-14(12)20-21-17/h15-16,24H,3-9H2,1-2H3,(H,19,25)(H,20,21)/t15-,16-/m1/s1. The number of hydrogen-bond donors (Lipinski definition) is 3. The van der Waals surface area contributed by atoms with Crippen LogP contribution in [0.1, 0.15) is 51.6 Å². The van der Waals surface area contributed by atoms with Gasteiger partial charge in [-0.25, -0.2) is 0 Å². The van der Waals surface area contributed by atoms with E-state index in [2.05, 4.69) is 25.6 Å². The Morgan fingerprint density at radius 2 is 2.27 bits per heavy atom. The van der Waals surface area contributed by atoms with Crippen molar-refractivity contribution in [3.63, 3.8) is 0 Å². The van der Waals surface area contributed by atoms with Crippen molar-refractivity contribution in [2.24, 2.45) is 0 Å². The molecule has 4 rings (SSSR count). The second kappa shape index (κ2) is 6.85. The minimum atomic E-state index is -0.611. The van der Waals surface area contributed by atoms with Crippen LogP contribution < -0.4 is 5.32 Å². The Bertz CT molecular complexity index is 792. The molecule has 8 nitrogen and oxygen atoms in total. The molecule has 140 valence electrons. The zero-order valence-corrected chi connectivity index (χ0v) is 15.2. The molecular formula is C18H25N5O3. The fraction of sp³-hybridized carbons (Fsp3) is 0.611. The first kappa shape index (κ1) is 17.2. The van der Waals surface area contributed by atoms with Crippen molar-refractivity contribution in [1.29, 1.82) is 0 Å². The minimum absolute atomic E-state index is 0.187. The molecule has 1 aliphatic heterocycles. The van der Waals surface area contributed by atoms with Gasteiger partial charge < -0.3 is 14.9 Å². The van der Waals surface area contributed by atoms with Crippen LogP contribution in [0, 0.1) is 13.8 Å². The molecule has 0 saturated carbocycles. The highest BCUT2D eigenvalue weighted by Crippen LogP contribution is 2.23. The number of hydrogen-bond acceptors (Lipinski definition) is 6. The van der Waals surface area contributed by atoms with Crippen LogP contribution in [0.3, 0.4) is 0 Å². The minimum Gasteiger partial charge on any atom is -0.390 e. The maximum Gasteiger partial charge on any atom is 0.272 e. The number of nitrogens with one attached hydrogen (secondary N) is 2. The molecule has 0 spiro atoms. The summed E-state index contributed by atoms with van der Waals surface area (Å²) in [6.07, 6.45) is 3.00. The van der Waals surface area contributed by atoms with E-state index in [9.17, 15) is 9.90 Å². The largest absolute Gasteiger partial charge is 0.390 e. The number of fused-ring (bicyclic) bond motifs is 1. The van der Waals surface area contributed by atoms with Crippen molar-refractivity contribution in [1.82, 2.24) is 25.6 Å². The zero-order valence-electron chi connectivity index (χ0n) is 15.2. The number of aryl methyl sites for hydroxylation is 3. The van der Waals surface area contributed by atoms with Crippen LogP contribution in [-0.4, -0.2) is 56.5 Å². The molecule has 1 amide bonds. The van der Waals surface area contributed by atoms with Crippen LogP contribution in [0.4, 0.5) is 0 Å². The number of β-amino-alcohol motifs (C(OH)–C–C–N with tert-alkyl or cyclic N) is 1. The molecule has 1 fully saturated rings. The van der Waals surface area contributed by atoms with Crippen LogP contribution in [0.25, 0.3) is 0 Å². The molecule has 0 radical (unpaired) electrons. The number of amides is 1. The lowest BCUT2D eigenvalue weighted by Gasteiger charge is -2.36. The SMILES string of the molecule is Cc1noc(C)c1CN1CC[C@@H](NC(=O)c2n[nH]c3c2CCC3)[C@H](O)C1. The molecule has 2 atom stereocenters. The predicted molar refractivity (Wildman–Crippen MR) is 93.7 cm³/mol. The van der Waals surface area contributed by atoms with Gasteiger partial charge in [-0.2, -0.15) is 5.10 Å². The van der Waals surface area contributed by atoms with Crippen LogP contribution in [0.2, 0.25) is 0 Å². The number of H-pyrrole nitrogens is 1. The molecule has 26 heavy (non-hydrogen) atoms. The third-order valence-corrected chi connectivity index (χ3v) is 5.57. The monoisotopic (exact) mass is 359 g/mol. The first-order valence-corrected chi connectivity index (χ1v) is 9.22. The van der Waals surface area contributed by atoms with E-state index in [1.807, 2.05) is 13.8 Å². The average Bonchev–Trinajstić information content (AvgIpc) is 3.29. The van der Waals surface area contributed by atoms with Crippen molar-refractivity contribution in [3.8, 4) is 0 Å². The van der Waals surface area contributed by atoms with E-state index in [1.54, 1.807) is 0 Å². The van der Waals surface area contributed by atoms with E-state index >= 15 is 0 Å². The van der Waals surface area contributed by atoms with Gasteiger partial charge in [-0.05, 0) is 39.5 Å². The number of nitrogens with zero attached hydrogens (tertiary/aromatic N) is 3. The molecular weight excluding hydrogens is 334 g/mol. The number of piperidine rings is 1. The topological polar surface area (TPSA) is 107 Å². The van der Waals surface area contributed by atoms with Crippen molar-refractivity contribution in [2.75, 3.05) is 13.1 Å². The Balaban J connectivity index is 1.36. The molecule has 0 unspecified atom stereocenters. The third kappa shape index (κ3) is 3.14. The molecule has 0 aromatic carbocycles. The van der Waals surface area contributed by atoms with Gasteiger partial charge in [0.25, 0.3) is 5.91 Å². The molecule has 1 aliphatic carbocycles. The lowest BCUT2D eigenvalue weighted by atomic mass is 10.0. The highest BCUT2D eigenvalue weighted by molar-refractivity contribution is 5.94. The number of likely N-dealkylation sites (tertiary alicyclic amines) is 1. The fourth-order valence-corrected chi connectivity index (χ4v) is 4.00. The van der Waals surface area contributed by atoms with Gasteiger partial charge in [-0.1, -0.05) is 5.16 Å². The van der Waals surface area contributed by atoms with Crippen LogP contribution in [0.15, 0.2) is 4.52 Å². The second-order valence-corrected chi connectivity index (χ2v) is 7.36. The number of aromatic nitrogens is 3. The van der Waals surface area contributed by atoms with E-state index in [0.717, 1.165) is 54.1 Å². The number of carbonyl (C=O) groups excluding carboxylic acids is 1. The summed E-state index contributed by atoms with van der Waals surface area (Å²) in [5.74, 6) is 0.632. The normalized spacial score (nSPS) is 23.2.